The highest BCUT2D eigenvalue weighted by Gasteiger charge is 2.36. The molecular weight excluding hydrogens is 232 g/mol. The molecule has 0 saturated heterocycles. The number of nitrogens with two attached hydrogens (primary N) is 1. The van der Waals surface area contributed by atoms with Crippen molar-refractivity contribution in [3.05, 3.63) is 23.7 Å². The van der Waals surface area contributed by atoms with Gasteiger partial charge in [-0.1, -0.05) is 6.92 Å². The molecule has 0 radical (unpaired) electrons. The Hall–Kier alpha value is -1.78. The van der Waals surface area contributed by atoms with Crippen molar-refractivity contribution in [3.63, 3.8) is 0 Å². The van der Waals surface area contributed by atoms with E-state index in [1.165, 1.54) is 6.42 Å². The Morgan fingerprint density at radius 2 is 2.22 bits per heavy atom. The lowest BCUT2D eigenvalue weighted by atomic mass is 10.2. The van der Waals surface area contributed by atoms with Crippen LogP contribution in [0.15, 0.2) is 16.5 Å². The van der Waals surface area contributed by atoms with Crippen LogP contribution in [0.1, 0.15) is 37.2 Å². The Balaban J connectivity index is 1.74. The normalized spacial score (nSPS) is 21.6. The number of primary amides is 1. The van der Waals surface area contributed by atoms with Gasteiger partial charge in [0.15, 0.2) is 0 Å². The van der Waals surface area contributed by atoms with Crippen molar-refractivity contribution in [1.82, 2.24) is 5.32 Å². The van der Waals surface area contributed by atoms with Gasteiger partial charge in [0.05, 0.1) is 6.54 Å². The first-order valence-corrected chi connectivity index (χ1v) is 6.20. The molecule has 98 valence electrons. The molecule has 1 fully saturated rings. The third-order valence-electron chi connectivity index (χ3n) is 3.22. The number of hydrogen-bond acceptors (Lipinski definition) is 3. The van der Waals surface area contributed by atoms with Crippen LogP contribution in [-0.4, -0.2) is 18.4 Å². The van der Waals surface area contributed by atoms with Gasteiger partial charge < -0.3 is 15.5 Å². The molecule has 0 aliphatic heterocycles. The topological polar surface area (TPSA) is 85.3 Å². The number of rotatable bonds is 6. The number of furan rings is 1. The molecule has 3 N–H and O–H groups in total. The van der Waals surface area contributed by atoms with Gasteiger partial charge in [0, 0.05) is 18.8 Å². The first-order chi connectivity index (χ1) is 8.56. The molecular formula is C13H18N2O3. The smallest absolute Gasteiger partial charge is 0.236 e. The Kier molecular flexibility index (Phi) is 3.69. The summed E-state index contributed by atoms with van der Waals surface area (Å²) in [6.07, 6.45) is 2.04. The van der Waals surface area contributed by atoms with Gasteiger partial charge in [-0.25, -0.2) is 0 Å². The Morgan fingerprint density at radius 1 is 1.50 bits per heavy atom. The first kappa shape index (κ1) is 12.7. The molecule has 1 saturated carbocycles. The van der Waals surface area contributed by atoms with Crippen molar-refractivity contribution >= 4 is 11.8 Å². The molecule has 5 nitrogen and oxygen atoms in total. The molecule has 2 unspecified atom stereocenters. The van der Waals surface area contributed by atoms with Crippen molar-refractivity contribution < 1.29 is 14.0 Å². The van der Waals surface area contributed by atoms with Gasteiger partial charge >= 0.3 is 0 Å². The van der Waals surface area contributed by atoms with Gasteiger partial charge in [-0.3, -0.25) is 9.59 Å². The molecule has 2 amide bonds. The van der Waals surface area contributed by atoms with E-state index in [-0.39, 0.29) is 12.5 Å². The van der Waals surface area contributed by atoms with E-state index in [1.807, 2.05) is 12.1 Å². The number of amides is 2. The molecule has 5 heteroatoms. The molecule has 1 aliphatic carbocycles. The highest BCUT2D eigenvalue weighted by Crippen LogP contribution is 2.47. The Bertz CT molecular complexity index is 453. The van der Waals surface area contributed by atoms with E-state index < -0.39 is 5.91 Å². The minimum absolute atomic E-state index is 0.109. The summed E-state index contributed by atoms with van der Waals surface area (Å²) < 4.78 is 5.68. The van der Waals surface area contributed by atoms with Crippen molar-refractivity contribution in [2.45, 2.75) is 32.1 Å². The monoisotopic (exact) mass is 250 g/mol. The first-order valence-electron chi connectivity index (χ1n) is 6.20. The van der Waals surface area contributed by atoms with Crippen molar-refractivity contribution in [1.29, 1.82) is 0 Å². The maximum Gasteiger partial charge on any atom is 0.236 e. The molecule has 1 heterocycles. The molecule has 2 rings (SSSR count). The van der Waals surface area contributed by atoms with Gasteiger partial charge in [0.25, 0.3) is 0 Å². The average molecular weight is 250 g/mol. The molecule has 0 spiro atoms. The fourth-order valence-corrected chi connectivity index (χ4v) is 1.96. The molecule has 1 aliphatic rings. The van der Waals surface area contributed by atoms with E-state index in [1.54, 1.807) is 0 Å². The zero-order chi connectivity index (χ0) is 13.1. The van der Waals surface area contributed by atoms with Crippen LogP contribution in [0.2, 0.25) is 0 Å². The average Bonchev–Trinajstić information content (AvgIpc) is 2.88. The maximum atomic E-state index is 11.4. The quantitative estimate of drug-likeness (QED) is 0.787. The fraction of sp³-hybridized carbons (Fsp3) is 0.538. The number of nitrogens with one attached hydrogen (secondary N) is 1. The summed E-state index contributed by atoms with van der Waals surface area (Å²) in [7, 11) is 0. The summed E-state index contributed by atoms with van der Waals surface area (Å²) in [5.74, 6) is 2.39. The lowest BCUT2D eigenvalue weighted by Gasteiger charge is -2.01. The van der Waals surface area contributed by atoms with Gasteiger partial charge in [-0.15, -0.1) is 0 Å². The van der Waals surface area contributed by atoms with Crippen LogP contribution in [0.5, 0.6) is 0 Å². The van der Waals surface area contributed by atoms with Crippen LogP contribution in [0.25, 0.3) is 0 Å². The summed E-state index contributed by atoms with van der Waals surface area (Å²) in [6, 6.07) is 3.91. The number of carbonyl (C=O) groups is 2. The highest BCUT2D eigenvalue weighted by molar-refractivity contribution is 5.83. The standard InChI is InChI=1S/C13H18N2O3/c1-8-6-10(8)11-4-2-9(18-11)3-5-13(17)15-7-12(14)16/h2,4,8,10H,3,5-7H2,1H3,(H2,14,16)(H,15,17). The highest BCUT2D eigenvalue weighted by atomic mass is 16.3. The summed E-state index contributed by atoms with van der Waals surface area (Å²) in [5.41, 5.74) is 4.93. The third-order valence-corrected chi connectivity index (χ3v) is 3.22. The molecule has 2 atom stereocenters. The van der Waals surface area contributed by atoms with Gasteiger partial charge in [0.2, 0.25) is 11.8 Å². The van der Waals surface area contributed by atoms with E-state index in [0.717, 1.165) is 11.5 Å². The van der Waals surface area contributed by atoms with Crippen molar-refractivity contribution in [3.8, 4) is 0 Å². The molecule has 1 aromatic rings. The molecule has 1 aromatic heterocycles. The van der Waals surface area contributed by atoms with E-state index in [4.69, 9.17) is 10.2 Å². The van der Waals surface area contributed by atoms with E-state index in [2.05, 4.69) is 12.2 Å². The molecule has 0 bridgehead atoms. The minimum Gasteiger partial charge on any atom is -0.466 e. The predicted molar refractivity (Wildman–Crippen MR) is 65.8 cm³/mol. The van der Waals surface area contributed by atoms with Crippen LogP contribution >= 0.6 is 0 Å². The summed E-state index contributed by atoms with van der Waals surface area (Å²) in [4.78, 5) is 21.8. The zero-order valence-corrected chi connectivity index (χ0v) is 10.4. The second-order valence-corrected chi connectivity index (χ2v) is 4.87. The molecule has 0 aromatic carbocycles. The van der Waals surface area contributed by atoms with Gasteiger partial charge in [0.1, 0.15) is 11.5 Å². The van der Waals surface area contributed by atoms with Crippen LogP contribution in [0.3, 0.4) is 0 Å². The van der Waals surface area contributed by atoms with Crippen LogP contribution < -0.4 is 11.1 Å². The minimum atomic E-state index is -0.536. The second-order valence-electron chi connectivity index (χ2n) is 4.87. The van der Waals surface area contributed by atoms with Crippen LogP contribution in [0, 0.1) is 5.92 Å². The number of aryl methyl sites for hydroxylation is 1. The maximum absolute atomic E-state index is 11.4. The number of carbonyl (C=O) groups excluding carboxylic acids is 2. The largest absolute Gasteiger partial charge is 0.466 e. The lowest BCUT2D eigenvalue weighted by molar-refractivity contribution is -0.124. The van der Waals surface area contributed by atoms with Crippen molar-refractivity contribution in [2.24, 2.45) is 11.7 Å². The van der Waals surface area contributed by atoms with E-state index >= 15 is 0 Å². The second kappa shape index (κ2) is 5.25. The van der Waals surface area contributed by atoms with Gasteiger partial charge in [-0.2, -0.15) is 0 Å². The van der Waals surface area contributed by atoms with Crippen molar-refractivity contribution in [2.75, 3.05) is 6.54 Å². The summed E-state index contributed by atoms with van der Waals surface area (Å²) in [6.45, 7) is 2.09. The molecule has 18 heavy (non-hydrogen) atoms. The third kappa shape index (κ3) is 3.35. The van der Waals surface area contributed by atoms with Gasteiger partial charge in [-0.05, 0) is 24.5 Å². The summed E-state index contributed by atoms with van der Waals surface area (Å²) >= 11 is 0. The fourth-order valence-electron chi connectivity index (χ4n) is 1.96. The Morgan fingerprint density at radius 3 is 2.83 bits per heavy atom. The SMILES string of the molecule is CC1CC1c1ccc(CCC(=O)NCC(N)=O)o1. The van der Waals surface area contributed by atoms with E-state index in [0.29, 0.717) is 24.7 Å². The summed E-state index contributed by atoms with van der Waals surface area (Å²) in [5, 5.41) is 2.45. The zero-order valence-electron chi connectivity index (χ0n) is 10.4. The van der Waals surface area contributed by atoms with Crippen LogP contribution in [-0.2, 0) is 16.0 Å². The predicted octanol–water partition coefficient (Wildman–Crippen LogP) is 0.937. The Labute approximate surface area is 106 Å². The van der Waals surface area contributed by atoms with E-state index in [9.17, 15) is 9.59 Å². The lowest BCUT2D eigenvalue weighted by Crippen LogP contribution is -2.33. The number of hydrogen-bond donors (Lipinski definition) is 2. The van der Waals surface area contributed by atoms with Crippen LogP contribution in [0.4, 0.5) is 0 Å².